The van der Waals surface area contributed by atoms with Crippen LogP contribution in [0.4, 0.5) is 14.6 Å². The molecule has 1 N–H and O–H groups in total. The lowest BCUT2D eigenvalue weighted by Gasteiger charge is -2.07. The van der Waals surface area contributed by atoms with Crippen molar-refractivity contribution in [1.82, 2.24) is 9.78 Å². The van der Waals surface area contributed by atoms with E-state index in [9.17, 15) is 8.78 Å². The van der Waals surface area contributed by atoms with Gasteiger partial charge in [-0.05, 0) is 35.4 Å². The molecule has 0 bridgehead atoms. The maximum atomic E-state index is 14.3. The molecule has 0 saturated heterocycles. The van der Waals surface area contributed by atoms with Crippen molar-refractivity contribution in [2.75, 3.05) is 11.9 Å². The SMILES string of the molecule is Fc1ccc(-n2nc(-c3ccc4ccccc4c3)c3c2NCC3)c(F)c1. The molecule has 0 radical (unpaired) electrons. The second-order valence-electron chi connectivity index (χ2n) is 6.42. The first-order valence-corrected chi connectivity index (χ1v) is 8.51. The van der Waals surface area contributed by atoms with Crippen LogP contribution >= 0.6 is 0 Å². The Bertz CT molecular complexity index is 1150. The van der Waals surface area contributed by atoms with E-state index in [1.54, 1.807) is 4.68 Å². The Kier molecular flexibility index (Phi) is 3.28. The highest BCUT2D eigenvalue weighted by Crippen LogP contribution is 2.36. The fourth-order valence-corrected chi connectivity index (χ4v) is 3.57. The van der Waals surface area contributed by atoms with Crippen molar-refractivity contribution in [3.63, 3.8) is 0 Å². The molecule has 1 aromatic heterocycles. The minimum absolute atomic E-state index is 0.240. The summed E-state index contributed by atoms with van der Waals surface area (Å²) >= 11 is 0. The standard InChI is InChI=1S/C21H15F2N3/c22-16-7-8-19(18(23)12-16)26-21-17(9-10-24-21)20(25-26)15-6-5-13-3-1-2-4-14(13)11-15/h1-8,11-12,24H,9-10H2. The monoisotopic (exact) mass is 347 g/mol. The number of nitrogens with one attached hydrogen (secondary N) is 1. The van der Waals surface area contributed by atoms with Crippen molar-refractivity contribution in [1.29, 1.82) is 0 Å². The van der Waals surface area contributed by atoms with Gasteiger partial charge in [0.15, 0.2) is 5.82 Å². The number of hydrogen-bond donors (Lipinski definition) is 1. The lowest BCUT2D eigenvalue weighted by atomic mass is 10.0. The van der Waals surface area contributed by atoms with Gasteiger partial charge >= 0.3 is 0 Å². The molecule has 0 amide bonds. The summed E-state index contributed by atoms with van der Waals surface area (Å²) in [5, 5.41) is 10.2. The number of nitrogens with zero attached hydrogens (tertiary/aromatic N) is 2. The van der Waals surface area contributed by atoms with Gasteiger partial charge in [-0.2, -0.15) is 5.10 Å². The Hall–Kier alpha value is -3.21. The second-order valence-corrected chi connectivity index (χ2v) is 6.42. The summed E-state index contributed by atoms with van der Waals surface area (Å²) in [4.78, 5) is 0. The Labute approximate surface area is 148 Å². The molecule has 3 nitrogen and oxygen atoms in total. The van der Waals surface area contributed by atoms with Crippen LogP contribution in [0, 0.1) is 11.6 Å². The van der Waals surface area contributed by atoms with E-state index >= 15 is 0 Å². The summed E-state index contributed by atoms with van der Waals surface area (Å²) in [7, 11) is 0. The molecule has 5 rings (SSSR count). The van der Waals surface area contributed by atoms with Gasteiger partial charge in [-0.25, -0.2) is 13.5 Å². The molecule has 2 heterocycles. The van der Waals surface area contributed by atoms with Crippen LogP contribution in [0.2, 0.25) is 0 Å². The quantitative estimate of drug-likeness (QED) is 0.557. The van der Waals surface area contributed by atoms with Gasteiger partial charge in [-0.15, -0.1) is 0 Å². The minimum Gasteiger partial charge on any atom is -0.369 e. The Morgan fingerprint density at radius 2 is 1.77 bits per heavy atom. The molecule has 5 heteroatoms. The van der Waals surface area contributed by atoms with Crippen LogP contribution in [0.5, 0.6) is 0 Å². The number of rotatable bonds is 2. The van der Waals surface area contributed by atoms with Crippen LogP contribution < -0.4 is 5.32 Å². The van der Waals surface area contributed by atoms with Crippen molar-refractivity contribution in [2.24, 2.45) is 0 Å². The predicted molar refractivity (Wildman–Crippen MR) is 98.6 cm³/mol. The van der Waals surface area contributed by atoms with Gasteiger partial charge in [0.1, 0.15) is 17.3 Å². The van der Waals surface area contributed by atoms with Crippen LogP contribution in [-0.4, -0.2) is 16.3 Å². The third-order valence-corrected chi connectivity index (χ3v) is 4.81. The zero-order chi connectivity index (χ0) is 17.7. The van der Waals surface area contributed by atoms with Gasteiger partial charge in [-0.1, -0.05) is 36.4 Å². The van der Waals surface area contributed by atoms with Crippen LogP contribution in [0.15, 0.2) is 60.7 Å². The van der Waals surface area contributed by atoms with Crippen molar-refractivity contribution in [2.45, 2.75) is 6.42 Å². The van der Waals surface area contributed by atoms with Crippen LogP contribution in [-0.2, 0) is 6.42 Å². The fourth-order valence-electron chi connectivity index (χ4n) is 3.57. The number of benzene rings is 3. The zero-order valence-corrected chi connectivity index (χ0v) is 13.8. The smallest absolute Gasteiger partial charge is 0.151 e. The van der Waals surface area contributed by atoms with Crippen molar-refractivity contribution >= 4 is 16.6 Å². The first kappa shape index (κ1) is 15.1. The highest BCUT2D eigenvalue weighted by atomic mass is 19.1. The van der Waals surface area contributed by atoms with Gasteiger partial charge in [0, 0.05) is 23.7 Å². The average molecular weight is 347 g/mol. The molecular formula is C21H15F2N3. The lowest BCUT2D eigenvalue weighted by Crippen LogP contribution is -2.06. The fraction of sp³-hybridized carbons (Fsp3) is 0.0952. The maximum Gasteiger partial charge on any atom is 0.151 e. The topological polar surface area (TPSA) is 29.9 Å². The first-order valence-electron chi connectivity index (χ1n) is 8.51. The Balaban J connectivity index is 1.70. The maximum absolute atomic E-state index is 14.3. The molecule has 26 heavy (non-hydrogen) atoms. The second kappa shape index (κ2) is 5.66. The number of fused-ring (bicyclic) bond motifs is 2. The van der Waals surface area contributed by atoms with Crippen LogP contribution in [0.1, 0.15) is 5.56 Å². The Morgan fingerprint density at radius 3 is 2.62 bits per heavy atom. The summed E-state index contributed by atoms with van der Waals surface area (Å²) < 4.78 is 29.1. The van der Waals surface area contributed by atoms with E-state index < -0.39 is 11.6 Å². The largest absolute Gasteiger partial charge is 0.369 e. The van der Waals surface area contributed by atoms with E-state index in [-0.39, 0.29) is 5.69 Å². The van der Waals surface area contributed by atoms with Crippen LogP contribution in [0.25, 0.3) is 27.7 Å². The molecule has 0 aliphatic carbocycles. The minimum atomic E-state index is -0.630. The average Bonchev–Trinajstić information content (AvgIpc) is 3.24. The van der Waals surface area contributed by atoms with E-state index in [4.69, 9.17) is 0 Å². The summed E-state index contributed by atoms with van der Waals surface area (Å²) in [6.07, 6.45) is 0.820. The van der Waals surface area contributed by atoms with E-state index in [0.717, 1.165) is 52.4 Å². The molecule has 3 aromatic carbocycles. The molecule has 0 saturated carbocycles. The van der Waals surface area contributed by atoms with Crippen molar-refractivity contribution < 1.29 is 8.78 Å². The highest BCUT2D eigenvalue weighted by Gasteiger charge is 2.25. The summed E-state index contributed by atoms with van der Waals surface area (Å²) in [6, 6.07) is 17.9. The number of halogens is 2. The molecule has 0 atom stereocenters. The normalized spacial score (nSPS) is 13.0. The number of hydrogen-bond acceptors (Lipinski definition) is 2. The molecule has 1 aliphatic heterocycles. The van der Waals surface area contributed by atoms with Gasteiger partial charge in [0.2, 0.25) is 0 Å². The molecule has 128 valence electrons. The van der Waals surface area contributed by atoms with Gasteiger partial charge in [0.05, 0.1) is 5.69 Å². The molecular weight excluding hydrogens is 332 g/mol. The third kappa shape index (κ3) is 2.28. The van der Waals surface area contributed by atoms with Gasteiger partial charge in [0.25, 0.3) is 0 Å². The van der Waals surface area contributed by atoms with E-state index in [2.05, 4.69) is 34.7 Å². The third-order valence-electron chi connectivity index (χ3n) is 4.81. The summed E-state index contributed by atoms with van der Waals surface area (Å²) in [5.74, 6) is -0.453. The highest BCUT2D eigenvalue weighted by molar-refractivity contribution is 5.88. The van der Waals surface area contributed by atoms with Crippen molar-refractivity contribution in [3.05, 3.63) is 77.9 Å². The molecule has 0 unspecified atom stereocenters. The molecule has 0 fully saturated rings. The van der Waals surface area contributed by atoms with Crippen molar-refractivity contribution in [3.8, 4) is 16.9 Å². The van der Waals surface area contributed by atoms with Gasteiger partial charge < -0.3 is 5.32 Å². The molecule has 4 aromatic rings. The lowest BCUT2D eigenvalue weighted by molar-refractivity contribution is 0.574. The predicted octanol–water partition coefficient (Wildman–Crippen LogP) is 4.94. The van der Waals surface area contributed by atoms with E-state index in [1.807, 2.05) is 18.2 Å². The van der Waals surface area contributed by atoms with E-state index in [0.29, 0.717) is 0 Å². The van der Waals surface area contributed by atoms with Gasteiger partial charge in [-0.3, -0.25) is 0 Å². The van der Waals surface area contributed by atoms with Crippen LogP contribution in [0.3, 0.4) is 0 Å². The zero-order valence-electron chi connectivity index (χ0n) is 13.8. The molecule has 1 aliphatic rings. The van der Waals surface area contributed by atoms with E-state index in [1.165, 1.54) is 12.1 Å². The summed E-state index contributed by atoms with van der Waals surface area (Å²) in [6.45, 7) is 0.774. The number of aromatic nitrogens is 2. The Morgan fingerprint density at radius 1 is 0.923 bits per heavy atom. The summed E-state index contributed by atoms with van der Waals surface area (Å²) in [5.41, 5.74) is 3.12. The number of anilines is 1. The first-order chi connectivity index (χ1) is 12.7. The molecule has 0 spiro atoms.